The van der Waals surface area contributed by atoms with E-state index in [0.717, 1.165) is 32.9 Å². The predicted octanol–water partition coefficient (Wildman–Crippen LogP) is 6.06. The van der Waals surface area contributed by atoms with Gasteiger partial charge in [0.2, 0.25) is 0 Å². The number of hydrogen-bond donors (Lipinski definition) is 0. The molecular formula is C15H15BrF3NOS. The Balaban J connectivity index is 2.21. The van der Waals surface area contributed by atoms with Crippen molar-refractivity contribution in [1.29, 1.82) is 0 Å². The Morgan fingerprint density at radius 1 is 1.23 bits per heavy atom. The normalized spacial score (nSPS) is 12.0. The summed E-state index contributed by atoms with van der Waals surface area (Å²) in [7, 11) is 0. The summed E-state index contributed by atoms with van der Waals surface area (Å²) in [6, 6.07) is 5.89. The van der Waals surface area contributed by atoms with Gasteiger partial charge in [-0.05, 0) is 64.5 Å². The van der Waals surface area contributed by atoms with E-state index >= 15 is 0 Å². The molecule has 0 atom stereocenters. The third-order valence-corrected chi connectivity index (χ3v) is 4.58. The lowest BCUT2D eigenvalue weighted by molar-refractivity contribution is -0.274. The molecule has 1 heterocycles. The molecule has 0 saturated carbocycles. The van der Waals surface area contributed by atoms with E-state index in [-0.39, 0.29) is 5.75 Å². The number of alkyl halides is 3. The molecule has 0 radical (unpaired) electrons. The molecule has 2 aromatic rings. The lowest BCUT2D eigenvalue weighted by atomic mass is 10.0. The zero-order chi connectivity index (χ0) is 16.3. The molecule has 0 aliphatic rings. The van der Waals surface area contributed by atoms with Crippen LogP contribution in [0.15, 0.2) is 28.2 Å². The molecule has 2 nitrogen and oxygen atoms in total. The molecule has 0 N–H and O–H groups in total. The summed E-state index contributed by atoms with van der Waals surface area (Å²) in [5.74, 6) is 0.347. The summed E-state index contributed by atoms with van der Waals surface area (Å²) < 4.78 is 41.2. The Morgan fingerprint density at radius 3 is 2.41 bits per heavy atom. The van der Waals surface area contributed by atoms with Gasteiger partial charge in [-0.3, -0.25) is 0 Å². The molecule has 1 aromatic heterocycles. The fourth-order valence-corrected chi connectivity index (χ4v) is 3.49. The van der Waals surface area contributed by atoms with Crippen molar-refractivity contribution in [3.05, 3.63) is 33.9 Å². The van der Waals surface area contributed by atoms with Crippen LogP contribution >= 0.6 is 27.3 Å². The summed E-state index contributed by atoms with van der Waals surface area (Å²) in [5.41, 5.74) is 1.81. The van der Waals surface area contributed by atoms with Crippen molar-refractivity contribution in [2.45, 2.75) is 33.1 Å². The van der Waals surface area contributed by atoms with E-state index in [9.17, 15) is 13.2 Å². The number of aryl methyl sites for hydroxylation is 1. The summed E-state index contributed by atoms with van der Waals surface area (Å²) in [4.78, 5) is 5.44. The van der Waals surface area contributed by atoms with E-state index in [1.807, 2.05) is 0 Å². The first-order valence-electron chi connectivity index (χ1n) is 6.76. The Hall–Kier alpha value is -1.08. The second-order valence-corrected chi connectivity index (χ2v) is 7.52. The largest absolute Gasteiger partial charge is 0.573 e. The molecule has 0 amide bonds. The maximum atomic E-state index is 12.2. The minimum atomic E-state index is -4.67. The van der Waals surface area contributed by atoms with Crippen LogP contribution in [0.25, 0.3) is 10.4 Å². The van der Waals surface area contributed by atoms with Gasteiger partial charge in [0.15, 0.2) is 3.92 Å². The minimum absolute atomic E-state index is 0.219. The highest BCUT2D eigenvalue weighted by Crippen LogP contribution is 2.35. The summed E-state index contributed by atoms with van der Waals surface area (Å²) >= 11 is 4.86. The lowest BCUT2D eigenvalue weighted by Gasteiger charge is -2.09. The molecule has 7 heteroatoms. The standard InChI is InChI=1S/C15H15BrF3NOS/c1-9(2)3-8-12-13(22-14(16)20-12)10-4-6-11(7-5-10)21-15(17,18)19/h4-7,9H,3,8H2,1-2H3. The molecule has 0 aliphatic carbocycles. The van der Waals surface area contributed by atoms with Gasteiger partial charge in [-0.2, -0.15) is 0 Å². The van der Waals surface area contributed by atoms with Crippen LogP contribution in [-0.2, 0) is 6.42 Å². The molecular weight excluding hydrogens is 379 g/mol. The van der Waals surface area contributed by atoms with Crippen LogP contribution in [0.3, 0.4) is 0 Å². The number of halogens is 4. The van der Waals surface area contributed by atoms with Gasteiger partial charge in [-0.25, -0.2) is 4.98 Å². The summed E-state index contributed by atoms with van der Waals surface area (Å²) in [5, 5.41) is 0. The molecule has 0 fully saturated rings. The van der Waals surface area contributed by atoms with E-state index in [2.05, 4.69) is 39.5 Å². The highest BCUT2D eigenvalue weighted by Gasteiger charge is 2.31. The molecule has 120 valence electrons. The van der Waals surface area contributed by atoms with E-state index in [0.29, 0.717) is 5.92 Å². The van der Waals surface area contributed by atoms with Gasteiger partial charge < -0.3 is 4.74 Å². The third-order valence-electron chi connectivity index (χ3n) is 2.98. The molecule has 2 rings (SSSR count). The minimum Gasteiger partial charge on any atom is -0.406 e. The average Bonchev–Trinajstić information content (AvgIpc) is 2.76. The Kier molecular flexibility index (Phi) is 5.50. The Bertz CT molecular complexity index is 623. The molecule has 1 aromatic carbocycles. The van der Waals surface area contributed by atoms with Gasteiger partial charge in [0.05, 0.1) is 10.6 Å². The monoisotopic (exact) mass is 393 g/mol. The summed E-state index contributed by atoms with van der Waals surface area (Å²) in [6.07, 6.45) is -2.81. The topological polar surface area (TPSA) is 22.1 Å². The lowest BCUT2D eigenvalue weighted by Crippen LogP contribution is -2.16. The smallest absolute Gasteiger partial charge is 0.406 e. The highest BCUT2D eigenvalue weighted by atomic mass is 79.9. The fourth-order valence-electron chi connectivity index (χ4n) is 1.95. The average molecular weight is 394 g/mol. The summed E-state index contributed by atoms with van der Waals surface area (Å²) in [6.45, 7) is 4.29. The number of hydrogen-bond acceptors (Lipinski definition) is 3. The van der Waals surface area contributed by atoms with Crippen molar-refractivity contribution in [3.63, 3.8) is 0 Å². The van der Waals surface area contributed by atoms with Gasteiger partial charge in [0.25, 0.3) is 0 Å². The van der Waals surface area contributed by atoms with Crippen LogP contribution in [-0.4, -0.2) is 11.3 Å². The van der Waals surface area contributed by atoms with Crippen molar-refractivity contribution in [3.8, 4) is 16.2 Å². The van der Waals surface area contributed by atoms with Crippen molar-refractivity contribution >= 4 is 27.3 Å². The van der Waals surface area contributed by atoms with Crippen LogP contribution in [0.2, 0.25) is 0 Å². The molecule has 0 unspecified atom stereocenters. The van der Waals surface area contributed by atoms with E-state index in [1.54, 1.807) is 12.1 Å². The quantitative estimate of drug-likeness (QED) is 0.615. The number of ether oxygens (including phenoxy) is 1. The third kappa shape index (κ3) is 4.98. The predicted molar refractivity (Wildman–Crippen MR) is 85.1 cm³/mol. The SMILES string of the molecule is CC(C)CCc1nc(Br)sc1-c1ccc(OC(F)(F)F)cc1. The first kappa shape index (κ1) is 17.3. The first-order valence-corrected chi connectivity index (χ1v) is 8.37. The Morgan fingerprint density at radius 2 is 1.86 bits per heavy atom. The molecule has 0 bridgehead atoms. The van der Waals surface area contributed by atoms with Crippen molar-refractivity contribution in [2.24, 2.45) is 5.92 Å². The fraction of sp³-hybridized carbons (Fsp3) is 0.400. The van der Waals surface area contributed by atoms with Gasteiger partial charge in [-0.1, -0.05) is 13.8 Å². The first-order chi connectivity index (χ1) is 10.2. The van der Waals surface area contributed by atoms with E-state index in [4.69, 9.17) is 0 Å². The zero-order valence-corrected chi connectivity index (χ0v) is 14.5. The number of rotatable bonds is 5. The Labute approximate surface area is 139 Å². The van der Waals surface area contributed by atoms with Crippen LogP contribution in [0.1, 0.15) is 26.0 Å². The van der Waals surface area contributed by atoms with E-state index < -0.39 is 6.36 Å². The van der Waals surface area contributed by atoms with Gasteiger partial charge in [0.1, 0.15) is 5.75 Å². The van der Waals surface area contributed by atoms with E-state index in [1.165, 1.54) is 23.5 Å². The van der Waals surface area contributed by atoms with Gasteiger partial charge >= 0.3 is 6.36 Å². The van der Waals surface area contributed by atoms with Crippen LogP contribution < -0.4 is 4.74 Å². The maximum Gasteiger partial charge on any atom is 0.573 e. The van der Waals surface area contributed by atoms with Crippen LogP contribution in [0.4, 0.5) is 13.2 Å². The second-order valence-electron chi connectivity index (χ2n) is 5.25. The van der Waals surface area contributed by atoms with Crippen LogP contribution in [0.5, 0.6) is 5.75 Å². The zero-order valence-electron chi connectivity index (χ0n) is 12.1. The molecule has 0 aliphatic heterocycles. The second kappa shape index (κ2) is 7.00. The van der Waals surface area contributed by atoms with Gasteiger partial charge in [-0.15, -0.1) is 24.5 Å². The molecule has 22 heavy (non-hydrogen) atoms. The molecule has 0 spiro atoms. The van der Waals surface area contributed by atoms with Crippen molar-refractivity contribution in [1.82, 2.24) is 4.98 Å². The highest BCUT2D eigenvalue weighted by molar-refractivity contribution is 9.11. The number of benzene rings is 1. The molecule has 0 saturated heterocycles. The van der Waals surface area contributed by atoms with Crippen LogP contribution in [0, 0.1) is 5.92 Å². The number of thiazole rings is 1. The van der Waals surface area contributed by atoms with Crippen molar-refractivity contribution < 1.29 is 17.9 Å². The maximum absolute atomic E-state index is 12.2. The number of aromatic nitrogens is 1. The van der Waals surface area contributed by atoms with Gasteiger partial charge in [0, 0.05) is 0 Å². The van der Waals surface area contributed by atoms with Crippen molar-refractivity contribution in [2.75, 3.05) is 0 Å². The number of nitrogens with zero attached hydrogens (tertiary/aromatic N) is 1.